The summed E-state index contributed by atoms with van der Waals surface area (Å²) in [6.45, 7) is 2.18. The van der Waals surface area contributed by atoms with Gasteiger partial charge in [-0.15, -0.1) is 0 Å². The fraction of sp³-hybridized carbons (Fsp3) is 0.722. The van der Waals surface area contributed by atoms with Crippen molar-refractivity contribution in [3.63, 3.8) is 0 Å². The van der Waals surface area contributed by atoms with Crippen LogP contribution in [0.2, 0.25) is 0 Å². The average molecular weight is 308 g/mol. The van der Waals surface area contributed by atoms with E-state index in [0.29, 0.717) is 25.0 Å². The van der Waals surface area contributed by atoms with Gasteiger partial charge in [-0.3, -0.25) is 14.9 Å². The number of unbranched alkanes of at least 4 members (excludes halogenated alkanes) is 8. The Morgan fingerprint density at radius 1 is 1.05 bits per heavy atom. The van der Waals surface area contributed by atoms with Crippen molar-refractivity contribution in [2.24, 2.45) is 0 Å². The van der Waals surface area contributed by atoms with Gasteiger partial charge in [0.2, 0.25) is 5.70 Å². The molecule has 4 nitrogen and oxygen atoms in total. The summed E-state index contributed by atoms with van der Waals surface area (Å²) >= 11 is 0. The summed E-state index contributed by atoms with van der Waals surface area (Å²) in [6, 6.07) is 0. The fourth-order valence-corrected chi connectivity index (χ4v) is 2.23. The normalized spacial score (nSPS) is 12.0. The van der Waals surface area contributed by atoms with E-state index in [1.165, 1.54) is 19.3 Å². The van der Waals surface area contributed by atoms with Crippen LogP contribution in [0.3, 0.4) is 0 Å². The summed E-state index contributed by atoms with van der Waals surface area (Å²) in [5.41, 5.74) is 0.333. The molecular weight excluding hydrogens is 278 g/mol. The minimum atomic E-state index is -0.258. The van der Waals surface area contributed by atoms with Crippen molar-refractivity contribution >= 4 is 6.29 Å². The summed E-state index contributed by atoms with van der Waals surface area (Å²) in [6.07, 6.45) is 18.9. The molecule has 0 aromatic carbocycles. The Hall–Kier alpha value is -1.45. The number of hydrogen-bond donors (Lipinski definition) is 0. The minimum absolute atomic E-state index is 0.258. The first kappa shape index (κ1) is 20.6. The predicted octanol–water partition coefficient (Wildman–Crippen LogP) is 5.51. The molecule has 125 valence electrons. The maximum Gasteiger partial charge on any atom is 0.242 e. The van der Waals surface area contributed by atoms with E-state index in [9.17, 15) is 14.9 Å². The third kappa shape index (κ3) is 13.5. The van der Waals surface area contributed by atoms with Crippen molar-refractivity contribution < 1.29 is 9.72 Å². The van der Waals surface area contributed by atoms with Gasteiger partial charge in [0, 0.05) is 12.8 Å². The molecule has 1 radical (unpaired) electrons. The lowest BCUT2D eigenvalue weighted by Gasteiger charge is -2.00. The minimum Gasteiger partial charge on any atom is -0.291 e. The number of carbonyl (C=O) groups excluding carboxylic acids is 1. The van der Waals surface area contributed by atoms with Gasteiger partial charge in [0.1, 0.15) is 0 Å². The molecule has 0 aliphatic heterocycles. The zero-order valence-corrected chi connectivity index (χ0v) is 13.9. The van der Waals surface area contributed by atoms with E-state index in [1.54, 1.807) is 6.08 Å². The highest BCUT2D eigenvalue weighted by Crippen LogP contribution is 2.13. The van der Waals surface area contributed by atoms with Crippen LogP contribution in [0.1, 0.15) is 84.0 Å². The van der Waals surface area contributed by atoms with Crippen molar-refractivity contribution in [3.05, 3.63) is 34.0 Å². The van der Waals surface area contributed by atoms with E-state index in [4.69, 9.17) is 0 Å². The smallest absolute Gasteiger partial charge is 0.242 e. The lowest BCUT2D eigenvalue weighted by Crippen LogP contribution is -1.98. The molecule has 0 aliphatic rings. The van der Waals surface area contributed by atoms with Gasteiger partial charge in [0.05, 0.1) is 4.92 Å². The summed E-state index contributed by atoms with van der Waals surface area (Å²) in [5.74, 6) is 0. The van der Waals surface area contributed by atoms with Crippen molar-refractivity contribution in [2.75, 3.05) is 0 Å². The molecule has 0 saturated carbocycles. The molecule has 0 aromatic heterocycles. The van der Waals surface area contributed by atoms with E-state index >= 15 is 0 Å². The summed E-state index contributed by atoms with van der Waals surface area (Å²) in [4.78, 5) is 20.8. The molecule has 4 heteroatoms. The second kappa shape index (κ2) is 15.9. The molecule has 22 heavy (non-hydrogen) atoms. The summed E-state index contributed by atoms with van der Waals surface area (Å²) in [5, 5.41) is 11.0. The molecule has 0 heterocycles. The Morgan fingerprint density at radius 2 is 1.77 bits per heavy atom. The number of allylic oxidation sites excluding steroid dienone is 4. The van der Waals surface area contributed by atoms with Gasteiger partial charge >= 0.3 is 0 Å². The maximum absolute atomic E-state index is 11.0. The second-order valence-corrected chi connectivity index (χ2v) is 5.57. The molecule has 0 unspecified atom stereocenters. The van der Waals surface area contributed by atoms with Crippen LogP contribution in [0.4, 0.5) is 0 Å². The van der Waals surface area contributed by atoms with Crippen molar-refractivity contribution in [2.45, 2.75) is 84.0 Å². The van der Waals surface area contributed by atoms with Crippen LogP contribution >= 0.6 is 0 Å². The molecule has 0 aromatic rings. The molecule has 0 amide bonds. The molecule has 0 aliphatic carbocycles. The molecule has 0 fully saturated rings. The van der Waals surface area contributed by atoms with Crippen LogP contribution in [-0.2, 0) is 4.79 Å². The van der Waals surface area contributed by atoms with Crippen LogP contribution in [0.15, 0.2) is 23.9 Å². The SMILES string of the molecule is CCCCC/C=C/C/C=C(\CCCCCCC[C]=O)[N+](=O)[O-]. The summed E-state index contributed by atoms with van der Waals surface area (Å²) < 4.78 is 0. The Kier molecular flexibility index (Phi) is 14.9. The first-order chi connectivity index (χ1) is 10.7. The molecule has 0 rings (SSSR count). The van der Waals surface area contributed by atoms with Gasteiger partial charge < -0.3 is 0 Å². The zero-order valence-electron chi connectivity index (χ0n) is 13.9. The van der Waals surface area contributed by atoms with E-state index in [1.807, 2.05) is 12.4 Å². The van der Waals surface area contributed by atoms with Crippen LogP contribution in [-0.4, -0.2) is 11.2 Å². The van der Waals surface area contributed by atoms with Crippen molar-refractivity contribution in [1.29, 1.82) is 0 Å². The highest BCUT2D eigenvalue weighted by atomic mass is 16.6. The van der Waals surface area contributed by atoms with Gasteiger partial charge in [-0.1, -0.05) is 51.2 Å². The van der Waals surface area contributed by atoms with E-state index in [0.717, 1.165) is 38.5 Å². The topological polar surface area (TPSA) is 60.2 Å². The number of hydrogen-bond acceptors (Lipinski definition) is 3. The second-order valence-electron chi connectivity index (χ2n) is 5.57. The van der Waals surface area contributed by atoms with Crippen LogP contribution in [0.5, 0.6) is 0 Å². The zero-order chi connectivity index (χ0) is 16.5. The highest BCUT2D eigenvalue weighted by Gasteiger charge is 2.08. The molecule has 0 bridgehead atoms. The Labute approximate surface area is 134 Å². The number of nitro groups is 1. The van der Waals surface area contributed by atoms with Crippen molar-refractivity contribution in [3.8, 4) is 0 Å². The predicted molar refractivity (Wildman–Crippen MR) is 91.0 cm³/mol. The van der Waals surface area contributed by atoms with Gasteiger partial charge in [0.25, 0.3) is 0 Å². The van der Waals surface area contributed by atoms with Gasteiger partial charge in [0.15, 0.2) is 6.29 Å². The van der Waals surface area contributed by atoms with Crippen LogP contribution in [0, 0.1) is 10.1 Å². The standard InChI is InChI=1S/C18H30NO3/c1-2-3-4-5-6-9-12-15-18(19(21)22)16-13-10-7-8-11-14-17-20/h6,9,15H,2-5,7-8,10-14,16H2,1H3/b9-6+,18-15+. The van der Waals surface area contributed by atoms with Gasteiger partial charge in [-0.05, 0) is 38.2 Å². The van der Waals surface area contributed by atoms with E-state index in [2.05, 4.69) is 13.0 Å². The lowest BCUT2D eigenvalue weighted by molar-refractivity contribution is -0.428. The Bertz CT molecular complexity index is 348. The molecule has 0 saturated heterocycles. The Morgan fingerprint density at radius 3 is 2.45 bits per heavy atom. The number of nitrogens with zero attached hydrogens (tertiary/aromatic N) is 1. The van der Waals surface area contributed by atoms with E-state index < -0.39 is 0 Å². The molecule has 0 atom stereocenters. The first-order valence-corrected chi connectivity index (χ1v) is 8.55. The Balaban J connectivity index is 3.82. The quantitative estimate of drug-likeness (QED) is 0.173. The maximum atomic E-state index is 11.0. The average Bonchev–Trinajstić information content (AvgIpc) is 2.50. The summed E-state index contributed by atoms with van der Waals surface area (Å²) in [7, 11) is 0. The molecular formula is C18H30NO3. The third-order valence-electron chi connectivity index (χ3n) is 3.58. The van der Waals surface area contributed by atoms with Gasteiger partial charge in [-0.2, -0.15) is 0 Å². The van der Waals surface area contributed by atoms with Gasteiger partial charge in [-0.25, -0.2) is 0 Å². The fourth-order valence-electron chi connectivity index (χ4n) is 2.23. The largest absolute Gasteiger partial charge is 0.291 e. The first-order valence-electron chi connectivity index (χ1n) is 8.55. The van der Waals surface area contributed by atoms with E-state index in [-0.39, 0.29) is 4.92 Å². The van der Waals surface area contributed by atoms with Crippen LogP contribution in [0.25, 0.3) is 0 Å². The number of rotatable bonds is 15. The molecule has 0 spiro atoms. The molecule has 0 N–H and O–H groups in total. The monoisotopic (exact) mass is 308 g/mol. The van der Waals surface area contributed by atoms with Crippen molar-refractivity contribution in [1.82, 2.24) is 0 Å². The third-order valence-corrected chi connectivity index (χ3v) is 3.58. The van der Waals surface area contributed by atoms with Crippen LogP contribution < -0.4 is 0 Å². The highest BCUT2D eigenvalue weighted by molar-refractivity contribution is 5.50. The lowest BCUT2D eigenvalue weighted by atomic mass is 10.1.